The van der Waals surface area contributed by atoms with Gasteiger partial charge in [-0.1, -0.05) is 13.8 Å². The summed E-state index contributed by atoms with van der Waals surface area (Å²) in [5, 5.41) is 0. The summed E-state index contributed by atoms with van der Waals surface area (Å²) in [5.74, 6) is 0.527. The summed E-state index contributed by atoms with van der Waals surface area (Å²) in [6.45, 7) is 10.1. The first kappa shape index (κ1) is 15.5. The summed E-state index contributed by atoms with van der Waals surface area (Å²) in [5.41, 5.74) is 0.0620. The number of imide groups is 1. The number of ether oxygens (including phenoxy) is 1. The van der Waals surface area contributed by atoms with Crippen LogP contribution in [0.5, 0.6) is 0 Å². The van der Waals surface area contributed by atoms with Gasteiger partial charge in [0, 0.05) is 26.0 Å². The highest BCUT2D eigenvalue weighted by Gasteiger charge is 2.43. The van der Waals surface area contributed by atoms with Crippen molar-refractivity contribution in [3.8, 4) is 0 Å². The van der Waals surface area contributed by atoms with Crippen LogP contribution in [0.4, 0.5) is 0 Å². The molecule has 2 amide bonds. The van der Waals surface area contributed by atoms with Crippen LogP contribution in [-0.4, -0.2) is 35.5 Å². The van der Waals surface area contributed by atoms with Crippen molar-refractivity contribution >= 4 is 11.8 Å². The van der Waals surface area contributed by atoms with Gasteiger partial charge in [-0.15, -0.1) is 0 Å². The van der Waals surface area contributed by atoms with E-state index in [1.54, 1.807) is 0 Å². The van der Waals surface area contributed by atoms with Gasteiger partial charge >= 0.3 is 0 Å². The fraction of sp³-hybridized carbons (Fsp3) is 0.875. The summed E-state index contributed by atoms with van der Waals surface area (Å²) >= 11 is 0. The smallest absolute Gasteiger partial charge is 0.229 e. The Morgan fingerprint density at radius 1 is 1.20 bits per heavy atom. The lowest BCUT2D eigenvalue weighted by Crippen LogP contribution is -2.46. The third-order valence-electron chi connectivity index (χ3n) is 5.08. The zero-order valence-corrected chi connectivity index (χ0v) is 13.2. The van der Waals surface area contributed by atoms with Crippen molar-refractivity contribution in [1.29, 1.82) is 0 Å². The van der Waals surface area contributed by atoms with Crippen molar-refractivity contribution in [3.05, 3.63) is 0 Å². The molecule has 0 radical (unpaired) electrons. The molecule has 4 heteroatoms. The molecule has 0 spiro atoms. The molecule has 0 aromatic heterocycles. The maximum atomic E-state index is 11.7. The fourth-order valence-corrected chi connectivity index (χ4v) is 3.72. The van der Waals surface area contributed by atoms with Gasteiger partial charge in [-0.25, -0.2) is 0 Å². The molecule has 2 aliphatic rings. The second kappa shape index (κ2) is 5.47. The van der Waals surface area contributed by atoms with Gasteiger partial charge in [-0.3, -0.25) is 14.5 Å². The zero-order chi connectivity index (χ0) is 15.0. The third kappa shape index (κ3) is 3.05. The highest BCUT2D eigenvalue weighted by Crippen LogP contribution is 2.47. The molecule has 0 aromatic carbocycles. The molecule has 0 bridgehead atoms. The van der Waals surface area contributed by atoms with Gasteiger partial charge in [0.25, 0.3) is 0 Å². The van der Waals surface area contributed by atoms with E-state index in [-0.39, 0.29) is 22.8 Å². The average molecular weight is 281 g/mol. The van der Waals surface area contributed by atoms with Gasteiger partial charge in [-0.2, -0.15) is 0 Å². The molecule has 2 aliphatic heterocycles. The van der Waals surface area contributed by atoms with Crippen LogP contribution in [0.3, 0.4) is 0 Å². The van der Waals surface area contributed by atoms with E-state index in [0.29, 0.717) is 25.3 Å². The first-order valence-electron chi connectivity index (χ1n) is 7.73. The number of amides is 2. The summed E-state index contributed by atoms with van der Waals surface area (Å²) < 4.78 is 5.84. The number of likely N-dealkylation sites (tertiary alicyclic amines) is 1. The van der Waals surface area contributed by atoms with Crippen molar-refractivity contribution in [2.75, 3.05) is 13.2 Å². The molecular weight excluding hydrogens is 254 g/mol. The summed E-state index contributed by atoms with van der Waals surface area (Å²) in [6.07, 6.45) is 3.69. The van der Waals surface area contributed by atoms with Crippen LogP contribution >= 0.6 is 0 Å². The summed E-state index contributed by atoms with van der Waals surface area (Å²) in [7, 11) is 0. The number of rotatable bonds is 4. The quantitative estimate of drug-likeness (QED) is 0.744. The van der Waals surface area contributed by atoms with E-state index in [2.05, 4.69) is 27.7 Å². The normalized spacial score (nSPS) is 30.4. The van der Waals surface area contributed by atoms with Gasteiger partial charge in [0.1, 0.15) is 0 Å². The molecule has 20 heavy (non-hydrogen) atoms. The van der Waals surface area contributed by atoms with E-state index in [4.69, 9.17) is 4.74 Å². The van der Waals surface area contributed by atoms with E-state index in [0.717, 1.165) is 25.9 Å². The number of carbonyl (C=O) groups is 2. The first-order valence-corrected chi connectivity index (χ1v) is 7.73. The highest BCUT2D eigenvalue weighted by atomic mass is 16.5. The Morgan fingerprint density at radius 3 is 2.30 bits per heavy atom. The van der Waals surface area contributed by atoms with Crippen LogP contribution in [0.2, 0.25) is 0 Å². The van der Waals surface area contributed by atoms with Crippen molar-refractivity contribution in [3.63, 3.8) is 0 Å². The summed E-state index contributed by atoms with van der Waals surface area (Å²) in [6, 6.07) is 0. The van der Waals surface area contributed by atoms with Gasteiger partial charge in [0.2, 0.25) is 11.8 Å². The minimum absolute atomic E-state index is 0.000209. The second-order valence-corrected chi connectivity index (χ2v) is 7.24. The van der Waals surface area contributed by atoms with Crippen molar-refractivity contribution < 1.29 is 14.3 Å². The van der Waals surface area contributed by atoms with Gasteiger partial charge < -0.3 is 4.74 Å². The molecule has 0 saturated carbocycles. The molecule has 0 aliphatic carbocycles. The van der Waals surface area contributed by atoms with E-state index in [9.17, 15) is 9.59 Å². The van der Waals surface area contributed by atoms with Crippen molar-refractivity contribution in [2.45, 2.75) is 65.4 Å². The predicted octanol–water partition coefficient (Wildman–Crippen LogP) is 2.76. The standard InChI is InChI=1S/C16H27NO3/c1-12(2)16(8-10-20-15(3,4)11-16)7-9-17-13(18)5-6-14(17)19/h12H,5-11H2,1-4H3/t16-/m0/s1. The molecule has 2 rings (SSSR count). The average Bonchev–Trinajstić information content (AvgIpc) is 2.65. The Kier molecular flexibility index (Phi) is 4.24. The Labute approximate surface area is 121 Å². The fourth-order valence-electron chi connectivity index (χ4n) is 3.72. The Balaban J connectivity index is 2.06. The third-order valence-corrected chi connectivity index (χ3v) is 5.08. The van der Waals surface area contributed by atoms with E-state index >= 15 is 0 Å². The van der Waals surface area contributed by atoms with Crippen LogP contribution in [0.1, 0.15) is 59.8 Å². The Bertz CT molecular complexity index is 387. The van der Waals surface area contributed by atoms with Gasteiger partial charge in [0.05, 0.1) is 5.60 Å². The lowest BCUT2D eigenvalue weighted by Gasteiger charge is -2.48. The zero-order valence-electron chi connectivity index (χ0n) is 13.2. The topological polar surface area (TPSA) is 46.6 Å². The molecule has 0 N–H and O–H groups in total. The lowest BCUT2D eigenvalue weighted by molar-refractivity contribution is -0.141. The minimum Gasteiger partial charge on any atom is -0.376 e. The van der Waals surface area contributed by atoms with Crippen LogP contribution in [0.25, 0.3) is 0 Å². The highest BCUT2D eigenvalue weighted by molar-refractivity contribution is 6.01. The van der Waals surface area contributed by atoms with Crippen molar-refractivity contribution in [1.82, 2.24) is 4.90 Å². The second-order valence-electron chi connectivity index (χ2n) is 7.24. The molecule has 4 nitrogen and oxygen atoms in total. The molecular formula is C16H27NO3. The monoisotopic (exact) mass is 281 g/mol. The largest absolute Gasteiger partial charge is 0.376 e. The molecule has 2 saturated heterocycles. The van der Waals surface area contributed by atoms with Crippen LogP contribution in [0, 0.1) is 11.3 Å². The predicted molar refractivity (Wildman–Crippen MR) is 77.1 cm³/mol. The maximum Gasteiger partial charge on any atom is 0.229 e. The molecule has 2 heterocycles. The number of hydrogen-bond donors (Lipinski definition) is 0. The molecule has 2 fully saturated rings. The molecule has 0 aromatic rings. The lowest BCUT2D eigenvalue weighted by atomic mass is 9.65. The molecule has 1 atom stereocenters. The van der Waals surface area contributed by atoms with Crippen LogP contribution in [0.15, 0.2) is 0 Å². The van der Waals surface area contributed by atoms with E-state index in [1.165, 1.54) is 4.90 Å². The van der Waals surface area contributed by atoms with Gasteiger partial charge in [0.15, 0.2) is 0 Å². The SMILES string of the molecule is CC(C)[C@@]1(CCN2C(=O)CCC2=O)CCOC(C)(C)C1. The molecule has 114 valence electrons. The van der Waals surface area contributed by atoms with Gasteiger partial charge in [-0.05, 0) is 44.4 Å². The Morgan fingerprint density at radius 2 is 1.80 bits per heavy atom. The molecule has 0 unspecified atom stereocenters. The Hall–Kier alpha value is -0.900. The van der Waals surface area contributed by atoms with E-state index < -0.39 is 0 Å². The maximum absolute atomic E-state index is 11.7. The number of nitrogens with zero attached hydrogens (tertiary/aromatic N) is 1. The van der Waals surface area contributed by atoms with Crippen molar-refractivity contribution in [2.24, 2.45) is 11.3 Å². The number of carbonyl (C=O) groups excluding carboxylic acids is 2. The first-order chi connectivity index (χ1) is 9.26. The summed E-state index contributed by atoms with van der Waals surface area (Å²) in [4.78, 5) is 24.9. The van der Waals surface area contributed by atoms with E-state index in [1.807, 2.05) is 0 Å². The van der Waals surface area contributed by atoms with Crippen LogP contribution in [-0.2, 0) is 14.3 Å². The van der Waals surface area contributed by atoms with Crippen LogP contribution < -0.4 is 0 Å². The minimum atomic E-state index is -0.110. The number of hydrogen-bond acceptors (Lipinski definition) is 3.